The van der Waals surface area contributed by atoms with Crippen LogP contribution in [0.3, 0.4) is 0 Å². The molecule has 0 amide bonds. The molecule has 1 atom stereocenters. The molecular weight excluding hydrogens is 510 g/mol. The monoisotopic (exact) mass is 543 g/mol. The van der Waals surface area contributed by atoms with E-state index in [4.69, 9.17) is 21.1 Å². The molecule has 0 radical (unpaired) electrons. The fourth-order valence-electron chi connectivity index (χ4n) is 5.77. The molecule has 0 saturated carbocycles. The first-order chi connectivity index (χ1) is 19.1. The van der Waals surface area contributed by atoms with E-state index in [9.17, 15) is 4.79 Å². The Bertz CT molecular complexity index is 1440. The van der Waals surface area contributed by atoms with E-state index in [-0.39, 0.29) is 17.8 Å². The van der Waals surface area contributed by atoms with E-state index in [1.165, 1.54) is 0 Å². The molecule has 0 bridgehead atoms. The highest BCUT2D eigenvalue weighted by atomic mass is 35.5. The summed E-state index contributed by atoms with van der Waals surface area (Å²) in [5, 5.41) is 9.39. The van der Waals surface area contributed by atoms with Crippen LogP contribution in [0, 0.1) is 0 Å². The lowest BCUT2D eigenvalue weighted by Gasteiger charge is -2.41. The van der Waals surface area contributed by atoms with Gasteiger partial charge in [0, 0.05) is 41.4 Å². The lowest BCUT2D eigenvalue weighted by atomic mass is 9.88. The smallest absolute Gasteiger partial charge is 0.144 e. The summed E-state index contributed by atoms with van der Waals surface area (Å²) >= 11 is 6.41. The summed E-state index contributed by atoms with van der Waals surface area (Å²) in [6, 6.07) is 22.5. The van der Waals surface area contributed by atoms with Crippen molar-refractivity contribution in [1.82, 2.24) is 15.1 Å². The number of likely N-dealkylation sites (tertiary alicyclic amines) is 1. The first kappa shape index (κ1) is 26.1. The molecule has 6 rings (SSSR count). The van der Waals surface area contributed by atoms with Crippen molar-refractivity contribution < 1.29 is 14.3 Å². The second-order valence-corrected chi connectivity index (χ2v) is 11.1. The van der Waals surface area contributed by atoms with Crippen molar-refractivity contribution in [2.24, 2.45) is 0 Å². The van der Waals surface area contributed by atoms with Gasteiger partial charge in [0.1, 0.15) is 17.6 Å². The topological polar surface area (TPSA) is 67.5 Å². The van der Waals surface area contributed by atoms with Gasteiger partial charge < -0.3 is 9.47 Å². The van der Waals surface area contributed by atoms with Crippen molar-refractivity contribution in [3.8, 4) is 17.0 Å². The van der Waals surface area contributed by atoms with Gasteiger partial charge in [-0.15, -0.1) is 0 Å². The number of ether oxygens (including phenoxy) is 2. The van der Waals surface area contributed by atoms with Crippen LogP contribution in [-0.2, 0) is 16.0 Å². The summed E-state index contributed by atoms with van der Waals surface area (Å²) in [5.74, 6) is 0.842. The van der Waals surface area contributed by atoms with E-state index < -0.39 is 0 Å². The van der Waals surface area contributed by atoms with Gasteiger partial charge in [-0.3, -0.25) is 14.8 Å². The number of aromatic nitrogens is 2. The summed E-state index contributed by atoms with van der Waals surface area (Å²) in [5.41, 5.74) is 4.71. The highest BCUT2D eigenvalue weighted by Gasteiger charge is 2.30. The van der Waals surface area contributed by atoms with Crippen molar-refractivity contribution in [2.45, 2.75) is 50.7 Å². The molecule has 1 aromatic heterocycles. The normalized spacial score (nSPS) is 17.7. The van der Waals surface area contributed by atoms with Crippen LogP contribution in [0.5, 0.6) is 5.75 Å². The van der Waals surface area contributed by atoms with Gasteiger partial charge in [0.05, 0.1) is 30.5 Å². The number of H-pyrrole nitrogens is 1. The van der Waals surface area contributed by atoms with Crippen molar-refractivity contribution in [3.63, 3.8) is 0 Å². The number of aromatic amines is 1. The number of fused-ring (bicyclic) bond motifs is 1. The first-order valence-corrected chi connectivity index (χ1v) is 14.3. The van der Waals surface area contributed by atoms with Gasteiger partial charge in [0.2, 0.25) is 0 Å². The molecule has 2 saturated heterocycles. The van der Waals surface area contributed by atoms with Crippen LogP contribution >= 0.6 is 11.6 Å². The Kier molecular flexibility index (Phi) is 7.69. The molecule has 2 fully saturated rings. The molecule has 3 heterocycles. The average Bonchev–Trinajstić information content (AvgIpc) is 3.34. The number of benzene rings is 3. The average molecular weight is 544 g/mol. The Morgan fingerprint density at radius 3 is 2.56 bits per heavy atom. The quantitative estimate of drug-likeness (QED) is 0.263. The van der Waals surface area contributed by atoms with E-state index >= 15 is 0 Å². The zero-order valence-electron chi connectivity index (χ0n) is 22.2. The van der Waals surface area contributed by atoms with E-state index in [1.54, 1.807) is 0 Å². The molecule has 202 valence electrons. The van der Waals surface area contributed by atoms with E-state index in [0.29, 0.717) is 23.9 Å². The van der Waals surface area contributed by atoms with Gasteiger partial charge in [-0.25, -0.2) is 0 Å². The zero-order chi connectivity index (χ0) is 26.8. The van der Waals surface area contributed by atoms with Gasteiger partial charge in [0.25, 0.3) is 0 Å². The van der Waals surface area contributed by atoms with Crippen molar-refractivity contribution in [1.29, 1.82) is 0 Å². The predicted molar refractivity (Wildman–Crippen MR) is 155 cm³/mol. The number of Topliss-reactive ketones (excluding diaryl/α,β-unsaturated/α-hetero) is 1. The lowest BCUT2D eigenvalue weighted by Crippen LogP contribution is -2.52. The molecule has 39 heavy (non-hydrogen) atoms. The number of piperidine rings is 1. The molecule has 1 N–H and O–H groups in total. The Labute approximate surface area is 234 Å². The third-order valence-corrected chi connectivity index (χ3v) is 8.47. The third kappa shape index (κ3) is 5.60. The second kappa shape index (κ2) is 11.5. The molecule has 6 nitrogen and oxygen atoms in total. The Hall–Kier alpha value is -3.19. The summed E-state index contributed by atoms with van der Waals surface area (Å²) < 4.78 is 11.6. The number of nitrogens with one attached hydrogen (secondary N) is 1. The predicted octanol–water partition coefficient (Wildman–Crippen LogP) is 6.43. The zero-order valence-corrected chi connectivity index (χ0v) is 23.0. The van der Waals surface area contributed by atoms with E-state index in [1.807, 2.05) is 55.5 Å². The number of halogens is 1. The molecule has 2 aliphatic heterocycles. The van der Waals surface area contributed by atoms with Crippen LogP contribution in [0.2, 0.25) is 5.02 Å². The number of hydrogen-bond donors (Lipinski definition) is 1. The minimum Gasteiger partial charge on any atom is -0.490 e. The van der Waals surface area contributed by atoms with E-state index in [2.05, 4.69) is 33.3 Å². The highest BCUT2D eigenvalue weighted by Crippen LogP contribution is 2.32. The first-order valence-electron chi connectivity index (χ1n) is 13.9. The van der Waals surface area contributed by atoms with Crippen molar-refractivity contribution >= 4 is 28.3 Å². The Morgan fingerprint density at radius 2 is 1.87 bits per heavy atom. The van der Waals surface area contributed by atoms with Crippen LogP contribution in [0.1, 0.15) is 43.2 Å². The third-order valence-electron chi connectivity index (χ3n) is 8.13. The number of rotatable bonds is 9. The standard InChI is InChI=1S/C32H34ClN3O3/c1-2-26(27-5-3-4-6-29(27)33)31(37)18-21-7-12-30-28(17-21)32(35-34-30)22-8-10-24(11-9-22)39-25-13-15-36(16-14-25)23-19-38-20-23/h3-12,17,23,25-26H,2,13-16,18-20H2,1H3,(H,34,35)/t26-/m1/s1. The van der Waals surface area contributed by atoms with Crippen LogP contribution in [0.15, 0.2) is 66.7 Å². The number of hydrogen-bond acceptors (Lipinski definition) is 5. The Balaban J connectivity index is 1.13. The van der Waals surface area contributed by atoms with Crippen molar-refractivity contribution in [3.05, 3.63) is 82.9 Å². The van der Waals surface area contributed by atoms with E-state index in [0.717, 1.165) is 78.2 Å². The maximum Gasteiger partial charge on any atom is 0.144 e. The molecule has 7 heteroatoms. The number of ketones is 1. The highest BCUT2D eigenvalue weighted by molar-refractivity contribution is 6.31. The number of carbonyl (C=O) groups excluding carboxylic acids is 1. The summed E-state index contributed by atoms with van der Waals surface area (Å²) in [6.07, 6.45) is 3.39. The van der Waals surface area contributed by atoms with Crippen LogP contribution in [0.4, 0.5) is 0 Å². The molecule has 0 unspecified atom stereocenters. The van der Waals surface area contributed by atoms with Crippen LogP contribution in [-0.4, -0.2) is 59.3 Å². The van der Waals surface area contributed by atoms with Gasteiger partial charge >= 0.3 is 0 Å². The maximum atomic E-state index is 13.3. The SMILES string of the molecule is CC[C@@H](C(=O)Cc1ccc2[nH]nc(-c3ccc(OC4CCN(C5COC5)CC4)cc3)c2c1)c1ccccc1Cl. The summed E-state index contributed by atoms with van der Waals surface area (Å²) in [6.45, 7) is 5.91. The minimum atomic E-state index is -0.217. The number of nitrogens with zero attached hydrogens (tertiary/aromatic N) is 2. The second-order valence-electron chi connectivity index (χ2n) is 10.6. The van der Waals surface area contributed by atoms with Gasteiger partial charge in [-0.05, 0) is 72.9 Å². The molecule has 0 spiro atoms. The summed E-state index contributed by atoms with van der Waals surface area (Å²) in [4.78, 5) is 15.8. The number of carbonyl (C=O) groups is 1. The molecule has 0 aliphatic carbocycles. The van der Waals surface area contributed by atoms with Gasteiger partial charge in [0.15, 0.2) is 0 Å². The van der Waals surface area contributed by atoms with Gasteiger partial charge in [-0.1, -0.05) is 42.8 Å². The fraction of sp³-hybridized carbons (Fsp3) is 0.375. The molecule has 2 aliphatic rings. The fourth-order valence-corrected chi connectivity index (χ4v) is 6.04. The molecule has 4 aromatic rings. The van der Waals surface area contributed by atoms with Crippen molar-refractivity contribution in [2.75, 3.05) is 26.3 Å². The van der Waals surface area contributed by atoms with Crippen LogP contribution < -0.4 is 4.74 Å². The van der Waals surface area contributed by atoms with Crippen LogP contribution in [0.25, 0.3) is 22.2 Å². The molecule has 3 aromatic carbocycles. The minimum absolute atomic E-state index is 0.170. The van der Waals surface area contributed by atoms with Gasteiger partial charge in [-0.2, -0.15) is 5.10 Å². The summed E-state index contributed by atoms with van der Waals surface area (Å²) in [7, 11) is 0. The Morgan fingerprint density at radius 1 is 1.10 bits per heavy atom. The largest absolute Gasteiger partial charge is 0.490 e. The maximum absolute atomic E-state index is 13.3. The molecular formula is C32H34ClN3O3. The lowest BCUT2D eigenvalue weighted by molar-refractivity contribution is -0.119.